The van der Waals surface area contributed by atoms with E-state index in [2.05, 4.69) is 34.5 Å². The van der Waals surface area contributed by atoms with Crippen molar-refractivity contribution in [3.8, 4) is 0 Å². The van der Waals surface area contributed by atoms with E-state index in [-0.39, 0.29) is 5.75 Å². The van der Waals surface area contributed by atoms with Gasteiger partial charge in [0.1, 0.15) is 9.84 Å². The van der Waals surface area contributed by atoms with Gasteiger partial charge in [-0.3, -0.25) is 0 Å². The summed E-state index contributed by atoms with van der Waals surface area (Å²) in [5.74, 6) is 0.571. The fourth-order valence-electron chi connectivity index (χ4n) is 2.79. The third-order valence-electron chi connectivity index (χ3n) is 4.03. The summed E-state index contributed by atoms with van der Waals surface area (Å²) >= 11 is 0. The molecule has 1 fully saturated rings. The molecule has 21 heavy (non-hydrogen) atoms. The number of sulfone groups is 1. The van der Waals surface area contributed by atoms with Crippen molar-refractivity contribution >= 4 is 9.84 Å². The van der Waals surface area contributed by atoms with Gasteiger partial charge in [-0.25, -0.2) is 8.42 Å². The molecule has 1 heterocycles. The summed E-state index contributed by atoms with van der Waals surface area (Å²) in [6, 6.07) is 11.0. The van der Waals surface area contributed by atoms with Gasteiger partial charge in [0.2, 0.25) is 0 Å². The predicted octanol–water partition coefficient (Wildman–Crippen LogP) is 1.33. The SMILES string of the molecule is CCS(=O)(=O)CCCN1CCNC(Cc2ccccc2)C1. The number of nitrogens with zero attached hydrogens (tertiary/aromatic N) is 1. The quantitative estimate of drug-likeness (QED) is 0.825. The molecule has 4 nitrogen and oxygen atoms in total. The van der Waals surface area contributed by atoms with Crippen LogP contribution in [-0.4, -0.2) is 57.0 Å². The van der Waals surface area contributed by atoms with Gasteiger partial charge in [-0.05, 0) is 24.9 Å². The van der Waals surface area contributed by atoms with Crippen molar-refractivity contribution in [2.45, 2.75) is 25.8 Å². The van der Waals surface area contributed by atoms with Crippen LogP contribution < -0.4 is 5.32 Å². The highest BCUT2D eigenvalue weighted by atomic mass is 32.2. The Bertz CT molecular complexity index is 516. The van der Waals surface area contributed by atoms with E-state index in [4.69, 9.17) is 0 Å². The number of rotatable bonds is 7. The zero-order valence-electron chi connectivity index (χ0n) is 12.8. The summed E-state index contributed by atoms with van der Waals surface area (Å²) in [5.41, 5.74) is 1.35. The number of piperazine rings is 1. The molecule has 1 aromatic rings. The van der Waals surface area contributed by atoms with Gasteiger partial charge in [-0.15, -0.1) is 0 Å². The molecule has 1 N–H and O–H groups in total. The average Bonchev–Trinajstić information content (AvgIpc) is 2.48. The van der Waals surface area contributed by atoms with Gasteiger partial charge < -0.3 is 10.2 Å². The topological polar surface area (TPSA) is 49.4 Å². The molecule has 1 unspecified atom stereocenters. The first-order valence-electron chi connectivity index (χ1n) is 7.79. The molecular weight excluding hydrogens is 284 g/mol. The summed E-state index contributed by atoms with van der Waals surface area (Å²) < 4.78 is 23.0. The van der Waals surface area contributed by atoms with Gasteiger partial charge in [0, 0.05) is 31.4 Å². The molecule has 1 aliphatic rings. The van der Waals surface area contributed by atoms with Gasteiger partial charge in [0.25, 0.3) is 0 Å². The van der Waals surface area contributed by atoms with Crippen LogP contribution in [0.1, 0.15) is 18.9 Å². The average molecular weight is 310 g/mol. The van der Waals surface area contributed by atoms with Crippen molar-refractivity contribution in [2.24, 2.45) is 0 Å². The normalized spacial score (nSPS) is 20.5. The second-order valence-electron chi connectivity index (χ2n) is 5.73. The lowest BCUT2D eigenvalue weighted by Crippen LogP contribution is -2.51. The van der Waals surface area contributed by atoms with Gasteiger partial charge in [-0.2, -0.15) is 0 Å². The van der Waals surface area contributed by atoms with Crippen LogP contribution in [0.4, 0.5) is 0 Å². The Hall–Kier alpha value is -0.910. The van der Waals surface area contributed by atoms with Gasteiger partial charge in [-0.1, -0.05) is 37.3 Å². The minimum atomic E-state index is -2.82. The van der Waals surface area contributed by atoms with Crippen molar-refractivity contribution in [1.29, 1.82) is 0 Å². The van der Waals surface area contributed by atoms with Crippen LogP contribution in [-0.2, 0) is 16.3 Å². The molecule has 5 heteroatoms. The molecule has 2 rings (SSSR count). The Morgan fingerprint density at radius 1 is 1.29 bits per heavy atom. The van der Waals surface area contributed by atoms with E-state index in [9.17, 15) is 8.42 Å². The first-order valence-corrected chi connectivity index (χ1v) is 9.61. The minimum absolute atomic E-state index is 0.255. The minimum Gasteiger partial charge on any atom is -0.311 e. The summed E-state index contributed by atoms with van der Waals surface area (Å²) in [6.45, 7) is 5.60. The largest absolute Gasteiger partial charge is 0.311 e. The Labute approximate surface area is 128 Å². The van der Waals surface area contributed by atoms with Crippen LogP contribution in [0.3, 0.4) is 0 Å². The summed E-state index contributed by atoms with van der Waals surface area (Å²) in [6.07, 6.45) is 1.78. The Kier molecular flexibility index (Phi) is 6.21. The standard InChI is InChI=1S/C16H26N2O2S/c1-2-21(19,20)12-6-10-18-11-9-17-16(14-18)13-15-7-4-3-5-8-15/h3-5,7-8,16-17H,2,6,9-14H2,1H3. The van der Waals surface area contributed by atoms with Gasteiger partial charge in [0.15, 0.2) is 0 Å². The molecule has 0 spiro atoms. The summed E-state index contributed by atoms with van der Waals surface area (Å²) in [7, 11) is -2.82. The third kappa shape index (κ3) is 5.77. The molecule has 1 saturated heterocycles. The summed E-state index contributed by atoms with van der Waals surface area (Å²) in [4.78, 5) is 2.38. The van der Waals surface area contributed by atoms with E-state index in [1.807, 2.05) is 6.07 Å². The van der Waals surface area contributed by atoms with E-state index in [1.54, 1.807) is 6.92 Å². The molecule has 0 bridgehead atoms. The highest BCUT2D eigenvalue weighted by molar-refractivity contribution is 7.91. The third-order valence-corrected chi connectivity index (χ3v) is 5.82. The molecule has 1 aliphatic heterocycles. The number of hydrogen-bond donors (Lipinski definition) is 1. The van der Waals surface area contributed by atoms with E-state index in [0.717, 1.165) is 39.0 Å². The van der Waals surface area contributed by atoms with E-state index >= 15 is 0 Å². The smallest absolute Gasteiger partial charge is 0.150 e. The molecule has 118 valence electrons. The molecule has 0 amide bonds. The summed E-state index contributed by atoms with van der Waals surface area (Å²) in [5, 5.41) is 3.56. The fourth-order valence-corrected chi connectivity index (χ4v) is 3.64. The zero-order valence-corrected chi connectivity index (χ0v) is 13.6. The number of nitrogens with one attached hydrogen (secondary N) is 1. The first-order chi connectivity index (χ1) is 10.1. The van der Waals surface area contributed by atoms with Crippen LogP contribution >= 0.6 is 0 Å². The van der Waals surface area contributed by atoms with Crippen molar-refractivity contribution in [3.05, 3.63) is 35.9 Å². The number of hydrogen-bond acceptors (Lipinski definition) is 4. The maximum atomic E-state index is 11.5. The molecule has 1 aromatic carbocycles. The van der Waals surface area contributed by atoms with Crippen LogP contribution in [0.5, 0.6) is 0 Å². The molecule has 0 radical (unpaired) electrons. The lowest BCUT2D eigenvalue weighted by Gasteiger charge is -2.33. The second kappa shape index (κ2) is 7.92. The van der Waals surface area contributed by atoms with Crippen LogP contribution in [0.2, 0.25) is 0 Å². The highest BCUT2D eigenvalue weighted by Gasteiger charge is 2.19. The molecule has 0 aromatic heterocycles. The lowest BCUT2D eigenvalue weighted by molar-refractivity contribution is 0.200. The fraction of sp³-hybridized carbons (Fsp3) is 0.625. The van der Waals surface area contributed by atoms with Gasteiger partial charge in [0.05, 0.1) is 5.75 Å². The Morgan fingerprint density at radius 2 is 2.05 bits per heavy atom. The van der Waals surface area contributed by atoms with Crippen LogP contribution in [0.15, 0.2) is 30.3 Å². The Morgan fingerprint density at radius 3 is 2.76 bits per heavy atom. The van der Waals surface area contributed by atoms with Crippen molar-refractivity contribution in [3.63, 3.8) is 0 Å². The molecular formula is C16H26N2O2S. The Balaban J connectivity index is 1.76. The van der Waals surface area contributed by atoms with Crippen molar-refractivity contribution in [2.75, 3.05) is 37.7 Å². The van der Waals surface area contributed by atoms with Crippen molar-refractivity contribution < 1.29 is 8.42 Å². The van der Waals surface area contributed by atoms with Crippen LogP contribution in [0, 0.1) is 0 Å². The highest BCUT2D eigenvalue weighted by Crippen LogP contribution is 2.08. The maximum Gasteiger partial charge on any atom is 0.150 e. The van der Waals surface area contributed by atoms with E-state index in [0.29, 0.717) is 11.8 Å². The van der Waals surface area contributed by atoms with Crippen molar-refractivity contribution in [1.82, 2.24) is 10.2 Å². The lowest BCUT2D eigenvalue weighted by atomic mass is 10.0. The van der Waals surface area contributed by atoms with Gasteiger partial charge >= 0.3 is 0 Å². The van der Waals surface area contributed by atoms with Crippen LogP contribution in [0.25, 0.3) is 0 Å². The predicted molar refractivity (Wildman–Crippen MR) is 87.3 cm³/mol. The monoisotopic (exact) mass is 310 g/mol. The molecule has 1 atom stereocenters. The second-order valence-corrected chi connectivity index (χ2v) is 8.20. The van der Waals surface area contributed by atoms with E-state index in [1.165, 1.54) is 5.56 Å². The first kappa shape index (κ1) is 16.5. The number of benzene rings is 1. The molecule has 0 aliphatic carbocycles. The zero-order chi connectivity index (χ0) is 15.1. The maximum absolute atomic E-state index is 11.5. The molecule has 0 saturated carbocycles. The van der Waals surface area contributed by atoms with E-state index < -0.39 is 9.84 Å².